The number of halogens is 8. The molecule has 2 amide bonds. The molecule has 0 spiro atoms. The van der Waals surface area contributed by atoms with E-state index in [9.17, 15) is 27.2 Å². The minimum Gasteiger partial charge on any atom is -0.326 e. The second-order valence-electron chi connectivity index (χ2n) is 7.68. The third kappa shape index (κ3) is 5.14. The van der Waals surface area contributed by atoms with E-state index in [0.717, 1.165) is 24.3 Å². The Morgan fingerprint density at radius 2 is 1.63 bits per heavy atom. The summed E-state index contributed by atoms with van der Waals surface area (Å²) >= 11 is 21.4. The minimum atomic E-state index is -1.70. The van der Waals surface area contributed by atoms with Crippen molar-refractivity contribution in [1.82, 2.24) is 0 Å². The Balaban J connectivity index is 1.54. The predicted octanol–water partition coefficient (Wildman–Crippen LogP) is 7.44. The van der Waals surface area contributed by atoms with Gasteiger partial charge in [-0.05, 0) is 64.0 Å². The van der Waals surface area contributed by atoms with Crippen molar-refractivity contribution >= 4 is 73.9 Å². The molecule has 3 aromatic carbocycles. The monoisotopic (exact) mass is 608 g/mol. The summed E-state index contributed by atoms with van der Waals surface area (Å²) in [6, 6.07) is 8.37. The summed E-state index contributed by atoms with van der Waals surface area (Å²) in [7, 11) is 0. The molecule has 0 saturated heterocycles. The van der Waals surface area contributed by atoms with Gasteiger partial charge in [0.15, 0.2) is 0 Å². The average molecular weight is 611 g/mol. The second kappa shape index (κ2) is 9.61. The number of nitrogens with one attached hydrogen (secondary N) is 2. The van der Waals surface area contributed by atoms with Gasteiger partial charge in [0, 0.05) is 17.7 Å². The van der Waals surface area contributed by atoms with Gasteiger partial charge in [-0.25, -0.2) is 17.6 Å². The highest BCUT2D eigenvalue weighted by molar-refractivity contribution is 9.10. The number of carbonyl (C=O) groups excluding carboxylic acids is 2. The van der Waals surface area contributed by atoms with Crippen LogP contribution in [0.1, 0.15) is 21.8 Å². The number of anilines is 2. The Bertz CT molecular complexity index is 1370. The van der Waals surface area contributed by atoms with Crippen LogP contribution in [0.5, 0.6) is 0 Å². The maximum atomic E-state index is 14.5. The smallest absolute Gasteiger partial charge is 0.257 e. The molecule has 2 N–H and O–H groups in total. The molecule has 1 fully saturated rings. The van der Waals surface area contributed by atoms with Crippen molar-refractivity contribution in [1.29, 1.82) is 0 Å². The molecule has 4 nitrogen and oxygen atoms in total. The maximum Gasteiger partial charge on any atom is 0.257 e. The van der Waals surface area contributed by atoms with Gasteiger partial charge < -0.3 is 10.6 Å². The summed E-state index contributed by atoms with van der Waals surface area (Å²) in [5.41, 5.74) is -0.456. The van der Waals surface area contributed by atoms with Crippen molar-refractivity contribution < 1.29 is 27.2 Å². The zero-order valence-corrected chi connectivity index (χ0v) is 21.0. The van der Waals surface area contributed by atoms with Crippen LogP contribution >= 0.6 is 50.7 Å². The van der Waals surface area contributed by atoms with Crippen molar-refractivity contribution in [3.05, 3.63) is 92.4 Å². The number of amides is 2. The second-order valence-corrected chi connectivity index (χ2v) is 10.4. The summed E-state index contributed by atoms with van der Waals surface area (Å²) in [5.74, 6) is -7.04. The van der Waals surface area contributed by atoms with E-state index in [0.29, 0.717) is 6.07 Å². The lowest BCUT2D eigenvalue weighted by molar-refractivity contribution is -0.117. The van der Waals surface area contributed by atoms with E-state index in [-0.39, 0.29) is 32.0 Å². The highest BCUT2D eigenvalue weighted by Crippen LogP contribution is 2.65. The number of hydrogen-bond donors (Lipinski definition) is 2. The molecule has 182 valence electrons. The first-order valence-electron chi connectivity index (χ1n) is 9.79. The van der Waals surface area contributed by atoms with Crippen LogP contribution in [0, 0.1) is 29.2 Å². The number of alkyl halides is 2. The molecule has 0 radical (unpaired) electrons. The van der Waals surface area contributed by atoms with Gasteiger partial charge >= 0.3 is 0 Å². The minimum absolute atomic E-state index is 0.0111. The van der Waals surface area contributed by atoms with Gasteiger partial charge in [0.2, 0.25) is 5.91 Å². The first-order chi connectivity index (χ1) is 16.4. The van der Waals surface area contributed by atoms with E-state index in [1.165, 1.54) is 18.2 Å². The van der Waals surface area contributed by atoms with Crippen LogP contribution in [-0.4, -0.2) is 16.1 Å². The average Bonchev–Trinajstić information content (AvgIpc) is 3.35. The topological polar surface area (TPSA) is 58.2 Å². The Morgan fingerprint density at radius 3 is 2.31 bits per heavy atom. The Morgan fingerprint density at radius 1 is 0.914 bits per heavy atom. The van der Waals surface area contributed by atoms with Crippen LogP contribution in [0.15, 0.2) is 53.0 Å². The van der Waals surface area contributed by atoms with Crippen LogP contribution in [-0.2, 0) is 4.79 Å². The first kappa shape index (κ1) is 25.8. The van der Waals surface area contributed by atoms with E-state index in [2.05, 4.69) is 26.6 Å². The van der Waals surface area contributed by atoms with Crippen LogP contribution in [0.4, 0.5) is 28.9 Å². The Kier molecular flexibility index (Phi) is 7.07. The molecule has 0 aromatic heterocycles. The molecule has 35 heavy (non-hydrogen) atoms. The maximum absolute atomic E-state index is 14.5. The quantitative estimate of drug-likeness (QED) is 0.179. The summed E-state index contributed by atoms with van der Waals surface area (Å²) in [6.07, 6.45) is 0. The van der Waals surface area contributed by atoms with Crippen molar-refractivity contribution in [2.75, 3.05) is 10.6 Å². The van der Waals surface area contributed by atoms with Crippen LogP contribution in [0.3, 0.4) is 0 Å². The fourth-order valence-corrected chi connectivity index (χ4v) is 5.08. The number of carbonyl (C=O) groups is 2. The zero-order chi connectivity index (χ0) is 25.7. The molecule has 0 aliphatic heterocycles. The molecule has 2 atom stereocenters. The van der Waals surface area contributed by atoms with Gasteiger partial charge in [0.1, 0.15) is 27.6 Å². The standard InChI is InChI=1S/C23H12BrCl3F4N2O2/c24-14-6-10(29)5-13(20(14)31)18-19(23(18,26)27)22(35)32-11-2-3-15(25)12(8-11)21(34)33-17-4-1-9(28)7-16(17)30/h1-8,18-19H,(H,32,35)(H,33,34). The molecule has 1 saturated carbocycles. The fraction of sp³-hybridized carbons (Fsp3) is 0.130. The van der Waals surface area contributed by atoms with Gasteiger partial charge in [-0.2, -0.15) is 0 Å². The molecule has 2 unspecified atom stereocenters. The normalized spacial score (nSPS) is 18.2. The van der Waals surface area contributed by atoms with E-state index < -0.39 is 51.3 Å². The predicted molar refractivity (Wildman–Crippen MR) is 129 cm³/mol. The van der Waals surface area contributed by atoms with E-state index in [1.807, 2.05) is 0 Å². The van der Waals surface area contributed by atoms with Crippen molar-refractivity contribution in [3.8, 4) is 0 Å². The van der Waals surface area contributed by atoms with E-state index in [4.69, 9.17) is 34.8 Å². The summed E-state index contributed by atoms with van der Waals surface area (Å²) in [4.78, 5) is 25.5. The molecule has 4 rings (SSSR count). The number of benzene rings is 3. The Labute approximate surface area is 219 Å². The van der Waals surface area contributed by atoms with Crippen LogP contribution in [0.25, 0.3) is 0 Å². The van der Waals surface area contributed by atoms with E-state index in [1.54, 1.807) is 0 Å². The zero-order valence-electron chi connectivity index (χ0n) is 17.1. The fourth-order valence-electron chi connectivity index (χ4n) is 3.62. The third-order valence-corrected chi connectivity index (χ3v) is 7.20. The lowest BCUT2D eigenvalue weighted by Crippen LogP contribution is -2.18. The molecule has 1 aliphatic carbocycles. The summed E-state index contributed by atoms with van der Waals surface area (Å²) < 4.78 is 53.5. The number of rotatable bonds is 5. The Hall–Kier alpha value is -2.33. The van der Waals surface area contributed by atoms with Gasteiger partial charge in [-0.3, -0.25) is 9.59 Å². The molecule has 12 heteroatoms. The van der Waals surface area contributed by atoms with Crippen LogP contribution in [0.2, 0.25) is 5.02 Å². The highest BCUT2D eigenvalue weighted by Gasteiger charge is 2.68. The molecular weight excluding hydrogens is 599 g/mol. The van der Waals surface area contributed by atoms with Crippen molar-refractivity contribution in [2.24, 2.45) is 5.92 Å². The van der Waals surface area contributed by atoms with Crippen LogP contribution < -0.4 is 10.6 Å². The van der Waals surface area contributed by atoms with Gasteiger partial charge in [-0.15, -0.1) is 23.2 Å². The number of hydrogen-bond acceptors (Lipinski definition) is 2. The molecule has 0 bridgehead atoms. The van der Waals surface area contributed by atoms with Crippen molar-refractivity contribution in [3.63, 3.8) is 0 Å². The van der Waals surface area contributed by atoms with Gasteiger partial charge in [-0.1, -0.05) is 11.6 Å². The summed E-state index contributed by atoms with van der Waals surface area (Å²) in [5, 5.41) is 4.77. The molecular formula is C23H12BrCl3F4N2O2. The highest BCUT2D eigenvalue weighted by atomic mass is 79.9. The lowest BCUT2D eigenvalue weighted by atomic mass is 10.1. The third-order valence-electron chi connectivity index (χ3n) is 5.35. The first-order valence-corrected chi connectivity index (χ1v) is 11.7. The summed E-state index contributed by atoms with van der Waals surface area (Å²) in [6.45, 7) is 0. The SMILES string of the molecule is O=C(Nc1ccc(F)cc1F)c1cc(NC(=O)C2C(c3cc(F)cc(Br)c3F)C2(Cl)Cl)ccc1Cl. The largest absolute Gasteiger partial charge is 0.326 e. The van der Waals surface area contributed by atoms with Gasteiger partial charge in [0.25, 0.3) is 5.91 Å². The van der Waals surface area contributed by atoms with Gasteiger partial charge in [0.05, 0.1) is 26.7 Å². The lowest BCUT2D eigenvalue weighted by Gasteiger charge is -2.11. The van der Waals surface area contributed by atoms with E-state index >= 15 is 0 Å². The molecule has 1 aliphatic rings. The van der Waals surface area contributed by atoms with Crippen molar-refractivity contribution in [2.45, 2.75) is 10.3 Å². The molecule has 3 aromatic rings. The molecule has 0 heterocycles.